The number of halogens is 1. The van der Waals surface area contributed by atoms with Crippen molar-refractivity contribution in [3.63, 3.8) is 0 Å². The van der Waals surface area contributed by atoms with Crippen LogP contribution in [0.3, 0.4) is 0 Å². The average molecular weight is 456 g/mol. The summed E-state index contributed by atoms with van der Waals surface area (Å²) in [7, 11) is -3.99. The number of hydrogen-bond acceptors (Lipinski definition) is 5. The molecule has 9 heteroatoms. The Morgan fingerprint density at radius 1 is 1.06 bits per heavy atom. The van der Waals surface area contributed by atoms with Crippen molar-refractivity contribution in [2.45, 2.75) is 24.3 Å². The smallest absolute Gasteiger partial charge is 0.258 e. The molecule has 0 spiro atoms. The first-order chi connectivity index (χ1) is 14.8. The summed E-state index contributed by atoms with van der Waals surface area (Å²) in [4.78, 5) is 10.9. The standard InChI is InChI=1S/C22H18ClN3O4S/c1-15-5-11-20(12-6-15)31(29,30)25-22(17-3-2-4-19(13-17)26(27)28)14-21(24-25)16-7-9-18(23)10-8-16/h2-13,22H,14H2,1H3/t22-/m0/s1. The molecule has 0 bridgehead atoms. The number of nitrogens with zero attached hydrogens (tertiary/aromatic N) is 3. The molecule has 0 aliphatic carbocycles. The highest BCUT2D eigenvalue weighted by atomic mass is 35.5. The minimum absolute atomic E-state index is 0.106. The first-order valence-electron chi connectivity index (χ1n) is 9.44. The number of non-ortho nitro benzene ring substituents is 1. The number of sulfonamides is 1. The molecule has 158 valence electrons. The van der Waals surface area contributed by atoms with Gasteiger partial charge in [-0.3, -0.25) is 10.1 Å². The highest BCUT2D eigenvalue weighted by Crippen LogP contribution is 2.38. The molecule has 1 aliphatic heterocycles. The van der Waals surface area contributed by atoms with E-state index < -0.39 is 21.0 Å². The predicted molar refractivity (Wildman–Crippen MR) is 119 cm³/mol. The van der Waals surface area contributed by atoms with Gasteiger partial charge in [-0.25, -0.2) is 0 Å². The molecular weight excluding hydrogens is 438 g/mol. The van der Waals surface area contributed by atoms with E-state index in [0.717, 1.165) is 15.5 Å². The monoisotopic (exact) mass is 455 g/mol. The van der Waals surface area contributed by atoms with Gasteiger partial charge in [-0.15, -0.1) is 0 Å². The van der Waals surface area contributed by atoms with Gasteiger partial charge in [0.1, 0.15) is 0 Å². The van der Waals surface area contributed by atoms with Gasteiger partial charge in [0.2, 0.25) is 0 Å². The average Bonchev–Trinajstić information content (AvgIpc) is 3.21. The third-order valence-electron chi connectivity index (χ3n) is 5.08. The van der Waals surface area contributed by atoms with Crippen LogP contribution in [-0.2, 0) is 10.0 Å². The topological polar surface area (TPSA) is 92.9 Å². The van der Waals surface area contributed by atoms with E-state index in [0.29, 0.717) is 16.3 Å². The van der Waals surface area contributed by atoms with Crippen molar-refractivity contribution in [1.82, 2.24) is 4.41 Å². The molecule has 0 aromatic heterocycles. The SMILES string of the molecule is Cc1ccc(S(=O)(=O)N2N=C(c3ccc(Cl)cc3)C[C@H]2c2cccc([N+](=O)[O-])c2)cc1. The number of nitro benzene ring substituents is 1. The van der Waals surface area contributed by atoms with Crippen LogP contribution in [0, 0.1) is 17.0 Å². The van der Waals surface area contributed by atoms with Crippen molar-refractivity contribution < 1.29 is 13.3 Å². The molecule has 0 radical (unpaired) electrons. The van der Waals surface area contributed by atoms with E-state index >= 15 is 0 Å². The normalized spacial score (nSPS) is 16.3. The zero-order valence-electron chi connectivity index (χ0n) is 16.5. The fourth-order valence-corrected chi connectivity index (χ4v) is 5.00. The van der Waals surface area contributed by atoms with Gasteiger partial charge in [0, 0.05) is 23.6 Å². The number of aryl methyl sites for hydroxylation is 1. The Kier molecular flexibility index (Phi) is 5.51. The van der Waals surface area contributed by atoms with Crippen molar-refractivity contribution in [3.05, 3.63) is 105 Å². The lowest BCUT2D eigenvalue weighted by molar-refractivity contribution is -0.384. The van der Waals surface area contributed by atoms with E-state index in [1.165, 1.54) is 24.3 Å². The summed E-state index contributed by atoms with van der Waals surface area (Å²) in [5, 5.41) is 16.2. The molecule has 7 nitrogen and oxygen atoms in total. The van der Waals surface area contributed by atoms with Crippen LogP contribution in [0.1, 0.15) is 29.2 Å². The Balaban J connectivity index is 1.81. The third kappa shape index (κ3) is 4.17. The van der Waals surface area contributed by atoms with Crippen LogP contribution in [0.4, 0.5) is 5.69 Å². The number of benzene rings is 3. The molecule has 3 aromatic carbocycles. The lowest BCUT2D eigenvalue weighted by Crippen LogP contribution is -2.27. The molecule has 0 unspecified atom stereocenters. The lowest BCUT2D eigenvalue weighted by atomic mass is 9.99. The van der Waals surface area contributed by atoms with Crippen molar-refractivity contribution >= 4 is 33.0 Å². The maximum atomic E-state index is 13.4. The maximum absolute atomic E-state index is 13.4. The summed E-state index contributed by atoms with van der Waals surface area (Å²) < 4.78 is 27.9. The van der Waals surface area contributed by atoms with E-state index in [2.05, 4.69) is 5.10 Å². The summed E-state index contributed by atoms with van der Waals surface area (Å²) in [6.07, 6.45) is 0.272. The summed E-state index contributed by atoms with van der Waals surface area (Å²) in [5.41, 5.74) is 2.62. The van der Waals surface area contributed by atoms with Crippen LogP contribution in [0.25, 0.3) is 0 Å². The third-order valence-corrected chi connectivity index (χ3v) is 7.03. The summed E-state index contributed by atoms with van der Waals surface area (Å²) in [5.74, 6) is 0. The zero-order chi connectivity index (χ0) is 22.2. The quantitative estimate of drug-likeness (QED) is 0.395. The molecule has 0 saturated heterocycles. The lowest BCUT2D eigenvalue weighted by Gasteiger charge is -2.23. The fourth-order valence-electron chi connectivity index (χ4n) is 3.44. The Morgan fingerprint density at radius 2 is 1.74 bits per heavy atom. The van der Waals surface area contributed by atoms with Crippen molar-refractivity contribution in [1.29, 1.82) is 0 Å². The molecule has 3 aromatic rings. The molecule has 0 N–H and O–H groups in total. The first-order valence-corrected chi connectivity index (χ1v) is 11.3. The van der Waals surface area contributed by atoms with Crippen LogP contribution in [-0.4, -0.2) is 23.5 Å². The van der Waals surface area contributed by atoms with Crippen LogP contribution in [0.15, 0.2) is 82.8 Å². The first kappa shape index (κ1) is 21.0. The summed E-state index contributed by atoms with van der Waals surface area (Å²) >= 11 is 5.97. The van der Waals surface area contributed by atoms with E-state index in [1.807, 2.05) is 6.92 Å². The van der Waals surface area contributed by atoms with E-state index in [9.17, 15) is 18.5 Å². The molecule has 4 rings (SSSR count). The van der Waals surface area contributed by atoms with Crippen molar-refractivity contribution in [2.24, 2.45) is 5.10 Å². The Bertz CT molecular complexity index is 1270. The van der Waals surface area contributed by atoms with E-state index in [1.54, 1.807) is 48.5 Å². The molecule has 0 fully saturated rings. The second-order valence-corrected chi connectivity index (χ2v) is 9.45. The zero-order valence-corrected chi connectivity index (χ0v) is 18.0. The van der Waals surface area contributed by atoms with Gasteiger partial charge in [0.25, 0.3) is 15.7 Å². The second kappa shape index (κ2) is 8.13. The summed E-state index contributed by atoms with van der Waals surface area (Å²) in [6, 6.07) is 18.7. The highest BCUT2D eigenvalue weighted by Gasteiger charge is 2.38. The molecular formula is C22H18ClN3O4S. The maximum Gasteiger partial charge on any atom is 0.279 e. The van der Waals surface area contributed by atoms with Gasteiger partial charge < -0.3 is 0 Å². The fraction of sp³-hybridized carbons (Fsp3) is 0.136. The van der Waals surface area contributed by atoms with Gasteiger partial charge in [-0.1, -0.05) is 53.6 Å². The number of nitro groups is 1. The summed E-state index contributed by atoms with van der Waals surface area (Å²) in [6.45, 7) is 1.87. The van der Waals surface area contributed by atoms with Crippen molar-refractivity contribution in [2.75, 3.05) is 0 Å². The Hall–Kier alpha value is -3.23. The molecule has 0 amide bonds. The highest BCUT2D eigenvalue weighted by molar-refractivity contribution is 7.89. The largest absolute Gasteiger partial charge is 0.279 e. The van der Waals surface area contributed by atoms with Crippen LogP contribution >= 0.6 is 11.6 Å². The number of hydrogen-bond donors (Lipinski definition) is 0. The van der Waals surface area contributed by atoms with Gasteiger partial charge >= 0.3 is 0 Å². The number of hydrazone groups is 1. The number of rotatable bonds is 5. The van der Waals surface area contributed by atoms with Gasteiger partial charge in [-0.05, 0) is 42.3 Å². The van der Waals surface area contributed by atoms with E-state index in [-0.39, 0.29) is 17.0 Å². The van der Waals surface area contributed by atoms with Gasteiger partial charge in [-0.2, -0.15) is 17.9 Å². The minimum atomic E-state index is -3.99. The molecule has 0 saturated carbocycles. The van der Waals surface area contributed by atoms with Gasteiger partial charge in [0.05, 0.1) is 21.6 Å². The van der Waals surface area contributed by atoms with Crippen LogP contribution < -0.4 is 0 Å². The van der Waals surface area contributed by atoms with Crippen LogP contribution in [0.2, 0.25) is 5.02 Å². The Labute approximate surface area is 184 Å². The van der Waals surface area contributed by atoms with Crippen molar-refractivity contribution in [3.8, 4) is 0 Å². The Morgan fingerprint density at radius 3 is 2.39 bits per heavy atom. The molecule has 1 aliphatic rings. The van der Waals surface area contributed by atoms with E-state index in [4.69, 9.17) is 11.6 Å². The second-order valence-electron chi connectivity index (χ2n) is 7.22. The van der Waals surface area contributed by atoms with Gasteiger partial charge in [0.15, 0.2) is 0 Å². The predicted octanol–water partition coefficient (Wildman–Crippen LogP) is 5.10. The van der Waals surface area contributed by atoms with Crippen LogP contribution in [0.5, 0.6) is 0 Å². The molecule has 31 heavy (non-hydrogen) atoms. The molecule has 1 atom stereocenters. The minimum Gasteiger partial charge on any atom is -0.258 e. The molecule has 1 heterocycles.